The third-order valence-electron chi connectivity index (χ3n) is 2.76. The molecule has 0 aliphatic rings. The summed E-state index contributed by atoms with van der Waals surface area (Å²) in [6.45, 7) is 6.67. The quantitative estimate of drug-likeness (QED) is 0.763. The number of nitrogens with one attached hydrogen (secondary N) is 2. The number of anilines is 2. The van der Waals surface area contributed by atoms with Crippen LogP contribution in [0.3, 0.4) is 0 Å². The van der Waals surface area contributed by atoms with Crippen molar-refractivity contribution in [3.8, 4) is 0 Å². The SMILES string of the molecule is CCc1ccc(CNC(=O)c2sc(NC(C)C)nc2N)s1. The van der Waals surface area contributed by atoms with Gasteiger partial charge in [-0.05, 0) is 32.4 Å². The molecule has 4 N–H and O–H groups in total. The van der Waals surface area contributed by atoms with Gasteiger partial charge in [0, 0.05) is 15.8 Å². The summed E-state index contributed by atoms with van der Waals surface area (Å²) in [6.07, 6.45) is 1.02. The van der Waals surface area contributed by atoms with Crippen molar-refractivity contribution in [3.05, 3.63) is 26.8 Å². The Morgan fingerprint density at radius 2 is 2.05 bits per heavy atom. The minimum atomic E-state index is -0.173. The number of nitrogen functional groups attached to an aromatic ring is 1. The van der Waals surface area contributed by atoms with E-state index in [9.17, 15) is 4.79 Å². The Morgan fingerprint density at radius 3 is 2.67 bits per heavy atom. The number of thiophene rings is 1. The van der Waals surface area contributed by atoms with E-state index < -0.39 is 0 Å². The van der Waals surface area contributed by atoms with Crippen LogP contribution in [0.2, 0.25) is 0 Å². The number of hydrogen-bond acceptors (Lipinski definition) is 6. The average Bonchev–Trinajstić information content (AvgIpc) is 3.02. The van der Waals surface area contributed by atoms with E-state index >= 15 is 0 Å². The first-order chi connectivity index (χ1) is 9.99. The predicted octanol–water partition coefficient (Wildman–Crippen LogP) is 3.10. The van der Waals surface area contributed by atoms with E-state index in [1.165, 1.54) is 16.2 Å². The fraction of sp³-hybridized carbons (Fsp3) is 0.429. The number of nitrogens with zero attached hydrogens (tertiary/aromatic N) is 1. The maximum Gasteiger partial charge on any atom is 0.265 e. The van der Waals surface area contributed by atoms with E-state index in [-0.39, 0.29) is 17.8 Å². The number of carbonyl (C=O) groups is 1. The topological polar surface area (TPSA) is 80.0 Å². The lowest BCUT2D eigenvalue weighted by atomic mass is 10.3. The summed E-state index contributed by atoms with van der Waals surface area (Å²) in [7, 11) is 0. The third-order valence-corrected chi connectivity index (χ3v) is 4.99. The Bertz CT molecular complexity index is 618. The van der Waals surface area contributed by atoms with Crippen LogP contribution >= 0.6 is 22.7 Å². The number of amides is 1. The summed E-state index contributed by atoms with van der Waals surface area (Å²) in [5, 5.41) is 6.73. The van der Waals surface area contributed by atoms with Crippen LogP contribution in [0.1, 0.15) is 40.2 Å². The predicted molar refractivity (Wildman–Crippen MR) is 90.2 cm³/mol. The number of aryl methyl sites for hydroxylation is 1. The van der Waals surface area contributed by atoms with Crippen LogP contribution in [0.4, 0.5) is 10.9 Å². The molecule has 2 aromatic rings. The van der Waals surface area contributed by atoms with Crippen LogP contribution in [-0.2, 0) is 13.0 Å². The van der Waals surface area contributed by atoms with Gasteiger partial charge in [-0.15, -0.1) is 11.3 Å². The largest absolute Gasteiger partial charge is 0.382 e. The molecule has 0 bridgehead atoms. The minimum absolute atomic E-state index is 0.173. The Kier molecular flexibility index (Phi) is 5.19. The molecule has 0 radical (unpaired) electrons. The van der Waals surface area contributed by atoms with Crippen LogP contribution < -0.4 is 16.4 Å². The van der Waals surface area contributed by atoms with Crippen molar-refractivity contribution < 1.29 is 4.79 Å². The van der Waals surface area contributed by atoms with Gasteiger partial charge < -0.3 is 16.4 Å². The Morgan fingerprint density at radius 1 is 1.33 bits per heavy atom. The van der Waals surface area contributed by atoms with Crippen LogP contribution in [0, 0.1) is 0 Å². The highest BCUT2D eigenvalue weighted by molar-refractivity contribution is 7.18. The summed E-state index contributed by atoms with van der Waals surface area (Å²) < 4.78 is 0. The molecule has 0 spiro atoms. The maximum absolute atomic E-state index is 12.2. The number of hydrogen-bond donors (Lipinski definition) is 3. The molecule has 0 saturated carbocycles. The van der Waals surface area contributed by atoms with E-state index in [2.05, 4.69) is 28.6 Å². The van der Waals surface area contributed by atoms with Gasteiger partial charge in [-0.1, -0.05) is 18.3 Å². The molecule has 114 valence electrons. The first-order valence-corrected chi connectivity index (χ1v) is 8.51. The molecule has 0 fully saturated rings. The molecule has 0 atom stereocenters. The standard InChI is InChI=1S/C14H20N4OS2/c1-4-9-5-6-10(20-9)7-16-13(19)11-12(15)18-14(21-11)17-8(2)3/h5-6,8H,4,7,15H2,1-3H3,(H,16,19)(H,17,18). The molecule has 0 aromatic carbocycles. The van der Waals surface area contributed by atoms with E-state index in [1.807, 2.05) is 19.9 Å². The summed E-state index contributed by atoms with van der Waals surface area (Å²) >= 11 is 3.00. The summed E-state index contributed by atoms with van der Waals surface area (Å²) in [6, 6.07) is 4.40. The number of rotatable bonds is 6. The van der Waals surface area contributed by atoms with Gasteiger partial charge in [0.2, 0.25) is 0 Å². The van der Waals surface area contributed by atoms with E-state index in [1.54, 1.807) is 11.3 Å². The summed E-state index contributed by atoms with van der Waals surface area (Å²) in [5.41, 5.74) is 5.81. The monoisotopic (exact) mass is 324 g/mol. The summed E-state index contributed by atoms with van der Waals surface area (Å²) in [4.78, 5) is 19.3. The zero-order valence-electron chi connectivity index (χ0n) is 12.4. The first kappa shape index (κ1) is 15.8. The second kappa shape index (κ2) is 6.91. The second-order valence-corrected chi connectivity index (χ2v) is 7.19. The van der Waals surface area contributed by atoms with Crippen molar-refractivity contribution in [1.29, 1.82) is 0 Å². The van der Waals surface area contributed by atoms with Gasteiger partial charge in [0.15, 0.2) is 5.13 Å². The Balaban J connectivity index is 1.98. The van der Waals surface area contributed by atoms with Crippen LogP contribution in [-0.4, -0.2) is 16.9 Å². The zero-order valence-corrected chi connectivity index (χ0v) is 14.0. The van der Waals surface area contributed by atoms with Gasteiger partial charge in [-0.25, -0.2) is 4.98 Å². The fourth-order valence-electron chi connectivity index (χ4n) is 1.76. The highest BCUT2D eigenvalue weighted by Crippen LogP contribution is 2.25. The maximum atomic E-state index is 12.2. The van der Waals surface area contributed by atoms with Crippen LogP contribution in [0.25, 0.3) is 0 Å². The Labute approximate surface area is 132 Å². The van der Waals surface area contributed by atoms with E-state index in [0.29, 0.717) is 16.6 Å². The molecular formula is C14H20N4OS2. The molecule has 2 aromatic heterocycles. The molecule has 21 heavy (non-hydrogen) atoms. The van der Waals surface area contributed by atoms with Crippen LogP contribution in [0.5, 0.6) is 0 Å². The van der Waals surface area contributed by atoms with Crippen molar-refractivity contribution in [2.75, 3.05) is 11.1 Å². The minimum Gasteiger partial charge on any atom is -0.382 e. The zero-order chi connectivity index (χ0) is 15.4. The van der Waals surface area contributed by atoms with Gasteiger partial charge in [0.1, 0.15) is 10.7 Å². The number of aromatic nitrogens is 1. The summed E-state index contributed by atoms with van der Waals surface area (Å²) in [5.74, 6) is 0.106. The second-order valence-electron chi connectivity index (χ2n) is 4.94. The molecule has 1 amide bonds. The van der Waals surface area contributed by atoms with Crippen molar-refractivity contribution >= 4 is 39.5 Å². The van der Waals surface area contributed by atoms with Gasteiger partial charge in [-0.2, -0.15) is 0 Å². The molecule has 0 aliphatic heterocycles. The van der Waals surface area contributed by atoms with Crippen molar-refractivity contribution in [1.82, 2.24) is 10.3 Å². The normalized spacial score (nSPS) is 10.9. The number of nitrogens with two attached hydrogens (primary N) is 1. The van der Waals surface area contributed by atoms with Crippen LogP contribution in [0.15, 0.2) is 12.1 Å². The van der Waals surface area contributed by atoms with Gasteiger partial charge in [0.25, 0.3) is 5.91 Å². The molecule has 0 saturated heterocycles. The van der Waals surface area contributed by atoms with Gasteiger partial charge >= 0.3 is 0 Å². The smallest absolute Gasteiger partial charge is 0.265 e. The molecule has 2 heterocycles. The van der Waals surface area contributed by atoms with E-state index in [4.69, 9.17) is 5.73 Å². The van der Waals surface area contributed by atoms with Crippen molar-refractivity contribution in [3.63, 3.8) is 0 Å². The first-order valence-electron chi connectivity index (χ1n) is 6.88. The molecule has 0 unspecified atom stereocenters. The fourth-order valence-corrected chi connectivity index (χ4v) is 3.60. The Hall–Kier alpha value is -1.60. The molecule has 2 rings (SSSR count). The highest BCUT2D eigenvalue weighted by atomic mass is 32.1. The molecular weight excluding hydrogens is 304 g/mol. The molecule has 0 aliphatic carbocycles. The number of carbonyl (C=O) groups excluding carboxylic acids is 1. The molecule has 5 nitrogen and oxygen atoms in total. The van der Waals surface area contributed by atoms with E-state index in [0.717, 1.165) is 11.3 Å². The lowest BCUT2D eigenvalue weighted by molar-refractivity contribution is 0.0956. The van der Waals surface area contributed by atoms with Crippen molar-refractivity contribution in [2.45, 2.75) is 39.8 Å². The molecule has 7 heteroatoms. The van der Waals surface area contributed by atoms with Crippen molar-refractivity contribution in [2.24, 2.45) is 0 Å². The highest BCUT2D eigenvalue weighted by Gasteiger charge is 2.16. The third kappa shape index (κ3) is 4.18. The lowest BCUT2D eigenvalue weighted by Crippen LogP contribution is -2.22. The number of thiazole rings is 1. The lowest BCUT2D eigenvalue weighted by Gasteiger charge is -2.04. The average molecular weight is 324 g/mol. The van der Waals surface area contributed by atoms with Gasteiger partial charge in [0.05, 0.1) is 6.54 Å². The van der Waals surface area contributed by atoms with Gasteiger partial charge in [-0.3, -0.25) is 4.79 Å².